The topological polar surface area (TPSA) is 43.4 Å². The zero-order chi connectivity index (χ0) is 15.8. The van der Waals surface area contributed by atoms with Gasteiger partial charge >= 0.3 is 5.97 Å². The van der Waals surface area contributed by atoms with Crippen molar-refractivity contribution in [3.8, 4) is 0 Å². The molecule has 0 saturated heterocycles. The van der Waals surface area contributed by atoms with Crippen molar-refractivity contribution < 1.29 is 14.3 Å². The van der Waals surface area contributed by atoms with E-state index in [1.54, 1.807) is 0 Å². The van der Waals surface area contributed by atoms with Crippen LogP contribution in [0.15, 0.2) is 0 Å². The third-order valence-electron chi connectivity index (χ3n) is 3.87. The van der Waals surface area contributed by atoms with E-state index in [-0.39, 0.29) is 5.97 Å². The van der Waals surface area contributed by atoms with E-state index in [0.29, 0.717) is 12.2 Å². The Kier molecular flexibility index (Phi) is 14.9. The van der Waals surface area contributed by atoms with Gasteiger partial charge in [0.15, 0.2) is 0 Å². The largest absolute Gasteiger partial charge is 0.469 e. The number of unbranched alkanes of at least 4 members (excludes halogenated alkanes) is 9. The van der Waals surface area contributed by atoms with Crippen LogP contribution in [0.3, 0.4) is 0 Å². The third kappa shape index (κ3) is 15.3. The number of methoxy groups -OCH3 is 1. The van der Waals surface area contributed by atoms with Crippen molar-refractivity contribution in [2.45, 2.75) is 96.8 Å². The van der Waals surface area contributed by atoms with Gasteiger partial charge in [0.1, 0.15) is 5.78 Å². The summed E-state index contributed by atoms with van der Waals surface area (Å²) in [5.41, 5.74) is 0. The minimum Gasteiger partial charge on any atom is -0.469 e. The van der Waals surface area contributed by atoms with Gasteiger partial charge in [-0.25, -0.2) is 0 Å². The number of carbonyl (C=O) groups excluding carboxylic acids is 2. The molecule has 0 N–H and O–H groups in total. The Balaban J connectivity index is 3.19. The molecular weight excluding hydrogens is 264 g/mol. The van der Waals surface area contributed by atoms with Gasteiger partial charge in [-0.15, -0.1) is 0 Å². The van der Waals surface area contributed by atoms with E-state index in [2.05, 4.69) is 11.7 Å². The van der Waals surface area contributed by atoms with Gasteiger partial charge < -0.3 is 4.74 Å². The normalized spacial score (nSPS) is 10.6. The summed E-state index contributed by atoms with van der Waals surface area (Å²) in [6.07, 6.45) is 14.7. The lowest BCUT2D eigenvalue weighted by Gasteiger charge is -2.03. The van der Waals surface area contributed by atoms with Crippen LogP contribution in [0, 0.1) is 0 Å². The Bertz CT molecular complexity index is 261. The zero-order valence-corrected chi connectivity index (χ0v) is 14.1. The fourth-order valence-corrected chi connectivity index (χ4v) is 2.45. The summed E-state index contributed by atoms with van der Waals surface area (Å²) < 4.78 is 4.60. The van der Waals surface area contributed by atoms with E-state index in [9.17, 15) is 9.59 Å². The lowest BCUT2D eigenvalue weighted by atomic mass is 10.0. The number of hydrogen-bond acceptors (Lipinski definition) is 3. The van der Waals surface area contributed by atoms with Crippen LogP contribution >= 0.6 is 0 Å². The summed E-state index contributed by atoms with van der Waals surface area (Å²) in [5, 5.41) is 0. The Hall–Kier alpha value is -0.860. The molecule has 0 spiro atoms. The van der Waals surface area contributed by atoms with Crippen LogP contribution in [-0.2, 0) is 14.3 Å². The third-order valence-corrected chi connectivity index (χ3v) is 3.87. The molecule has 0 aromatic rings. The lowest BCUT2D eigenvalue weighted by molar-refractivity contribution is -0.140. The highest BCUT2D eigenvalue weighted by Crippen LogP contribution is 2.11. The van der Waals surface area contributed by atoms with Crippen molar-refractivity contribution in [3.05, 3.63) is 0 Å². The molecule has 0 atom stereocenters. The van der Waals surface area contributed by atoms with Gasteiger partial charge in [0.25, 0.3) is 0 Å². The van der Waals surface area contributed by atoms with Gasteiger partial charge in [0.2, 0.25) is 0 Å². The number of ketones is 1. The van der Waals surface area contributed by atoms with Crippen LogP contribution in [0.1, 0.15) is 96.8 Å². The summed E-state index contributed by atoms with van der Waals surface area (Å²) in [7, 11) is 1.43. The Morgan fingerprint density at radius 2 is 1.10 bits per heavy atom. The monoisotopic (exact) mass is 298 g/mol. The van der Waals surface area contributed by atoms with E-state index in [0.717, 1.165) is 51.4 Å². The van der Waals surface area contributed by atoms with Crippen molar-refractivity contribution in [2.24, 2.45) is 0 Å². The van der Waals surface area contributed by atoms with Crippen LogP contribution in [-0.4, -0.2) is 18.9 Å². The fraction of sp³-hybridized carbons (Fsp3) is 0.889. The second kappa shape index (κ2) is 15.5. The molecule has 0 fully saturated rings. The van der Waals surface area contributed by atoms with Crippen molar-refractivity contribution in [1.29, 1.82) is 0 Å². The second-order valence-corrected chi connectivity index (χ2v) is 5.90. The smallest absolute Gasteiger partial charge is 0.305 e. The Morgan fingerprint density at radius 3 is 1.57 bits per heavy atom. The number of Topliss-reactive ketones (excluding diaryl/α,β-unsaturated/α-hetero) is 1. The number of ether oxygens (including phenoxy) is 1. The molecule has 0 unspecified atom stereocenters. The summed E-state index contributed by atoms with van der Waals surface area (Å²) in [6.45, 7) is 2.21. The van der Waals surface area contributed by atoms with Gasteiger partial charge in [-0.3, -0.25) is 9.59 Å². The molecule has 0 aromatic heterocycles. The van der Waals surface area contributed by atoms with Crippen molar-refractivity contribution in [2.75, 3.05) is 7.11 Å². The van der Waals surface area contributed by atoms with Crippen LogP contribution in [0.25, 0.3) is 0 Å². The van der Waals surface area contributed by atoms with E-state index in [1.165, 1.54) is 39.2 Å². The molecule has 0 aliphatic rings. The molecular formula is C18H34O3. The minimum absolute atomic E-state index is 0.112. The zero-order valence-electron chi connectivity index (χ0n) is 14.1. The molecule has 0 aromatic carbocycles. The molecule has 3 heteroatoms. The summed E-state index contributed by atoms with van der Waals surface area (Å²) in [6, 6.07) is 0. The lowest BCUT2D eigenvalue weighted by Crippen LogP contribution is -1.99. The first kappa shape index (κ1) is 20.1. The Morgan fingerprint density at radius 1 is 0.667 bits per heavy atom. The Labute approximate surface area is 130 Å². The molecule has 21 heavy (non-hydrogen) atoms. The summed E-state index contributed by atoms with van der Waals surface area (Å²) in [5.74, 6) is 0.330. The first-order chi connectivity index (χ1) is 10.2. The molecule has 0 radical (unpaired) electrons. The maximum Gasteiger partial charge on any atom is 0.305 e. The van der Waals surface area contributed by atoms with E-state index < -0.39 is 0 Å². The van der Waals surface area contributed by atoms with Crippen molar-refractivity contribution in [1.82, 2.24) is 0 Å². The molecule has 3 nitrogen and oxygen atoms in total. The minimum atomic E-state index is -0.112. The van der Waals surface area contributed by atoms with Crippen LogP contribution in [0.4, 0.5) is 0 Å². The number of hydrogen-bond donors (Lipinski definition) is 0. The van der Waals surface area contributed by atoms with Gasteiger partial charge in [0, 0.05) is 19.3 Å². The standard InChI is InChI=1S/C18H34O3/c1-3-4-5-8-11-14-17(19)15-12-9-6-7-10-13-16-18(20)21-2/h3-16H2,1-2H3. The number of rotatable bonds is 15. The van der Waals surface area contributed by atoms with E-state index in [4.69, 9.17) is 0 Å². The average molecular weight is 298 g/mol. The van der Waals surface area contributed by atoms with Gasteiger partial charge in [-0.1, -0.05) is 58.3 Å². The van der Waals surface area contributed by atoms with E-state index >= 15 is 0 Å². The van der Waals surface area contributed by atoms with Gasteiger partial charge in [-0.2, -0.15) is 0 Å². The van der Waals surface area contributed by atoms with Crippen molar-refractivity contribution >= 4 is 11.8 Å². The first-order valence-electron chi connectivity index (χ1n) is 8.79. The number of carbonyl (C=O) groups is 2. The molecule has 124 valence electrons. The SMILES string of the molecule is CCCCCCCC(=O)CCCCCCCCC(=O)OC. The van der Waals surface area contributed by atoms with Gasteiger partial charge in [0.05, 0.1) is 7.11 Å². The quantitative estimate of drug-likeness (QED) is 0.308. The second-order valence-electron chi connectivity index (χ2n) is 5.90. The first-order valence-corrected chi connectivity index (χ1v) is 8.79. The van der Waals surface area contributed by atoms with Crippen LogP contribution < -0.4 is 0 Å². The molecule has 0 amide bonds. The maximum absolute atomic E-state index is 11.7. The highest BCUT2D eigenvalue weighted by atomic mass is 16.5. The molecule has 0 heterocycles. The van der Waals surface area contributed by atoms with Crippen LogP contribution in [0.5, 0.6) is 0 Å². The fourth-order valence-electron chi connectivity index (χ4n) is 2.45. The highest BCUT2D eigenvalue weighted by molar-refractivity contribution is 5.78. The maximum atomic E-state index is 11.7. The highest BCUT2D eigenvalue weighted by Gasteiger charge is 2.02. The molecule has 0 rings (SSSR count). The average Bonchev–Trinajstić information content (AvgIpc) is 2.49. The molecule has 0 saturated carbocycles. The molecule has 0 aliphatic heterocycles. The molecule has 0 bridgehead atoms. The predicted molar refractivity (Wildman–Crippen MR) is 87.3 cm³/mol. The summed E-state index contributed by atoms with van der Waals surface area (Å²) in [4.78, 5) is 22.6. The molecule has 0 aliphatic carbocycles. The van der Waals surface area contributed by atoms with Gasteiger partial charge in [-0.05, 0) is 19.3 Å². The summed E-state index contributed by atoms with van der Waals surface area (Å²) >= 11 is 0. The van der Waals surface area contributed by atoms with E-state index in [1.807, 2.05) is 0 Å². The predicted octanol–water partition coefficient (Wildman–Crippen LogP) is 5.21. The van der Waals surface area contributed by atoms with Crippen molar-refractivity contribution in [3.63, 3.8) is 0 Å². The number of esters is 1. The van der Waals surface area contributed by atoms with Crippen LogP contribution in [0.2, 0.25) is 0 Å².